The van der Waals surface area contributed by atoms with Crippen molar-refractivity contribution in [3.8, 4) is 22.6 Å². The number of H-pyrrole nitrogens is 1. The lowest BCUT2D eigenvalue weighted by molar-refractivity contribution is 0.320. The summed E-state index contributed by atoms with van der Waals surface area (Å²) in [5.74, 6) is 1.58. The van der Waals surface area contributed by atoms with Crippen LogP contribution >= 0.6 is 0 Å². The fourth-order valence-corrected chi connectivity index (χ4v) is 4.07. The summed E-state index contributed by atoms with van der Waals surface area (Å²) in [6.45, 7) is 4.69. The minimum absolute atomic E-state index is 0.0894. The summed E-state index contributed by atoms with van der Waals surface area (Å²) in [6.07, 6.45) is 3.99. The Balaban J connectivity index is 1.98. The summed E-state index contributed by atoms with van der Waals surface area (Å²) >= 11 is 0. The SMILES string of the molecule is CCCOc1cc2c(c3c(=O)c(-c4ccc(OC)cc4)c(C)[nH]c13)CCC2. The fourth-order valence-electron chi connectivity index (χ4n) is 4.07. The highest BCUT2D eigenvalue weighted by Gasteiger charge is 2.22. The van der Waals surface area contributed by atoms with Crippen LogP contribution in [-0.4, -0.2) is 18.7 Å². The lowest BCUT2D eigenvalue weighted by atomic mass is 9.96. The normalized spacial score (nSPS) is 13.0. The second-order valence-corrected chi connectivity index (χ2v) is 7.15. The molecule has 4 rings (SSSR count). The Labute approximate surface area is 159 Å². The van der Waals surface area contributed by atoms with Crippen LogP contribution in [0.5, 0.6) is 11.5 Å². The van der Waals surface area contributed by atoms with Crippen LogP contribution in [0.25, 0.3) is 22.0 Å². The smallest absolute Gasteiger partial charge is 0.197 e. The molecule has 0 radical (unpaired) electrons. The van der Waals surface area contributed by atoms with Gasteiger partial charge in [-0.25, -0.2) is 0 Å². The van der Waals surface area contributed by atoms with Gasteiger partial charge in [0.15, 0.2) is 5.43 Å². The van der Waals surface area contributed by atoms with Gasteiger partial charge in [-0.2, -0.15) is 0 Å². The molecule has 3 aromatic rings. The van der Waals surface area contributed by atoms with Crippen LogP contribution in [0.1, 0.15) is 36.6 Å². The van der Waals surface area contributed by atoms with Gasteiger partial charge in [0.2, 0.25) is 0 Å². The van der Waals surface area contributed by atoms with Crippen molar-refractivity contribution >= 4 is 10.9 Å². The third kappa shape index (κ3) is 2.99. The molecule has 1 N–H and O–H groups in total. The molecular weight excluding hydrogens is 338 g/mol. The molecule has 1 aliphatic carbocycles. The maximum absolute atomic E-state index is 13.6. The van der Waals surface area contributed by atoms with E-state index >= 15 is 0 Å². The number of hydrogen-bond acceptors (Lipinski definition) is 3. The Morgan fingerprint density at radius 1 is 1.15 bits per heavy atom. The van der Waals surface area contributed by atoms with Crippen molar-refractivity contribution in [1.29, 1.82) is 0 Å². The predicted octanol–water partition coefficient (Wildman–Crippen LogP) is 4.79. The molecule has 1 aliphatic rings. The Hall–Kier alpha value is -2.75. The number of methoxy groups -OCH3 is 1. The number of benzene rings is 2. The van der Waals surface area contributed by atoms with Gasteiger partial charge < -0.3 is 14.5 Å². The highest BCUT2D eigenvalue weighted by molar-refractivity contribution is 5.93. The van der Waals surface area contributed by atoms with E-state index in [0.717, 1.165) is 64.9 Å². The minimum atomic E-state index is 0.0894. The van der Waals surface area contributed by atoms with E-state index in [1.807, 2.05) is 31.2 Å². The zero-order chi connectivity index (χ0) is 19.0. The zero-order valence-corrected chi connectivity index (χ0v) is 16.1. The highest BCUT2D eigenvalue weighted by Crippen LogP contribution is 2.36. The van der Waals surface area contributed by atoms with Crippen molar-refractivity contribution in [3.63, 3.8) is 0 Å². The number of fused-ring (bicyclic) bond motifs is 3. The molecule has 0 unspecified atom stereocenters. The van der Waals surface area contributed by atoms with E-state index in [0.29, 0.717) is 6.61 Å². The number of aromatic nitrogens is 1. The maximum Gasteiger partial charge on any atom is 0.197 e. The molecule has 0 atom stereocenters. The Kier molecular flexibility index (Phi) is 4.65. The van der Waals surface area contributed by atoms with Gasteiger partial charge in [0.25, 0.3) is 0 Å². The lowest BCUT2D eigenvalue weighted by Gasteiger charge is -2.15. The van der Waals surface area contributed by atoms with Crippen molar-refractivity contribution in [2.24, 2.45) is 0 Å². The summed E-state index contributed by atoms with van der Waals surface area (Å²) < 4.78 is 11.2. The number of aromatic amines is 1. The molecule has 140 valence electrons. The third-order valence-electron chi connectivity index (χ3n) is 5.35. The molecule has 0 fully saturated rings. The average molecular weight is 363 g/mol. The topological polar surface area (TPSA) is 51.3 Å². The second-order valence-electron chi connectivity index (χ2n) is 7.15. The first kappa shape index (κ1) is 17.7. The number of ether oxygens (including phenoxy) is 2. The van der Waals surface area contributed by atoms with Crippen LogP contribution in [0.3, 0.4) is 0 Å². The van der Waals surface area contributed by atoms with E-state index in [1.165, 1.54) is 11.1 Å². The molecule has 4 heteroatoms. The van der Waals surface area contributed by atoms with E-state index in [9.17, 15) is 4.79 Å². The number of rotatable bonds is 5. The quantitative estimate of drug-likeness (QED) is 0.709. The van der Waals surface area contributed by atoms with Crippen molar-refractivity contribution in [3.05, 3.63) is 57.4 Å². The Bertz CT molecular complexity index is 1050. The molecule has 4 nitrogen and oxygen atoms in total. The van der Waals surface area contributed by atoms with Crippen LogP contribution in [0.4, 0.5) is 0 Å². The first-order chi connectivity index (χ1) is 13.1. The van der Waals surface area contributed by atoms with Crippen molar-refractivity contribution < 1.29 is 9.47 Å². The van der Waals surface area contributed by atoms with Crippen molar-refractivity contribution in [1.82, 2.24) is 4.98 Å². The van der Waals surface area contributed by atoms with Crippen LogP contribution in [0.2, 0.25) is 0 Å². The largest absolute Gasteiger partial charge is 0.497 e. The lowest BCUT2D eigenvalue weighted by Crippen LogP contribution is -2.13. The third-order valence-corrected chi connectivity index (χ3v) is 5.35. The summed E-state index contributed by atoms with van der Waals surface area (Å²) in [5, 5.41) is 0.799. The predicted molar refractivity (Wildman–Crippen MR) is 109 cm³/mol. The highest BCUT2D eigenvalue weighted by atomic mass is 16.5. The number of aryl methyl sites for hydroxylation is 3. The van der Waals surface area contributed by atoms with Crippen LogP contribution in [-0.2, 0) is 12.8 Å². The Morgan fingerprint density at radius 3 is 2.63 bits per heavy atom. The summed E-state index contributed by atoms with van der Waals surface area (Å²) in [7, 11) is 1.64. The van der Waals surface area contributed by atoms with Crippen LogP contribution in [0, 0.1) is 6.92 Å². The average Bonchev–Trinajstić information content (AvgIpc) is 3.14. The standard InChI is InChI=1S/C23H25NO3/c1-4-12-27-19-13-16-6-5-7-18(16)21-22(19)24-14(2)20(23(21)25)15-8-10-17(26-3)11-9-15/h8-11,13H,4-7,12H2,1-3H3,(H,24,25). The van der Waals surface area contributed by atoms with Crippen LogP contribution < -0.4 is 14.9 Å². The first-order valence-corrected chi connectivity index (χ1v) is 9.62. The summed E-state index contributed by atoms with van der Waals surface area (Å²) in [4.78, 5) is 17.1. The van der Waals surface area contributed by atoms with E-state index in [2.05, 4.69) is 18.0 Å². The van der Waals surface area contributed by atoms with Crippen LogP contribution in [0.15, 0.2) is 35.1 Å². The van der Waals surface area contributed by atoms with E-state index in [1.54, 1.807) is 7.11 Å². The van der Waals surface area contributed by atoms with E-state index < -0.39 is 0 Å². The molecule has 0 saturated carbocycles. The first-order valence-electron chi connectivity index (χ1n) is 9.62. The summed E-state index contributed by atoms with van der Waals surface area (Å²) in [5.41, 5.74) is 5.86. The monoisotopic (exact) mass is 363 g/mol. The molecule has 1 aromatic heterocycles. The van der Waals surface area contributed by atoms with E-state index in [4.69, 9.17) is 9.47 Å². The minimum Gasteiger partial charge on any atom is -0.497 e. The van der Waals surface area contributed by atoms with Gasteiger partial charge in [-0.1, -0.05) is 19.1 Å². The van der Waals surface area contributed by atoms with Crippen molar-refractivity contribution in [2.45, 2.75) is 39.5 Å². The molecule has 2 aromatic carbocycles. The Morgan fingerprint density at radius 2 is 1.93 bits per heavy atom. The fraction of sp³-hybridized carbons (Fsp3) is 0.348. The summed E-state index contributed by atoms with van der Waals surface area (Å²) in [6, 6.07) is 9.80. The maximum atomic E-state index is 13.6. The van der Waals surface area contributed by atoms with Gasteiger partial charge in [0.05, 0.1) is 24.6 Å². The molecule has 0 spiro atoms. The molecular formula is C23H25NO3. The van der Waals surface area contributed by atoms with Gasteiger partial charge in [-0.15, -0.1) is 0 Å². The molecule has 0 bridgehead atoms. The van der Waals surface area contributed by atoms with E-state index in [-0.39, 0.29) is 5.43 Å². The molecule has 0 amide bonds. The van der Waals surface area contributed by atoms with Gasteiger partial charge in [-0.05, 0) is 67.5 Å². The van der Waals surface area contributed by atoms with Gasteiger partial charge in [0, 0.05) is 11.3 Å². The van der Waals surface area contributed by atoms with Crippen molar-refractivity contribution in [2.75, 3.05) is 13.7 Å². The molecule has 1 heterocycles. The number of nitrogens with one attached hydrogen (secondary N) is 1. The zero-order valence-electron chi connectivity index (χ0n) is 16.1. The van der Waals surface area contributed by atoms with Gasteiger partial charge >= 0.3 is 0 Å². The molecule has 27 heavy (non-hydrogen) atoms. The molecule has 0 aliphatic heterocycles. The number of pyridine rings is 1. The van der Waals surface area contributed by atoms with Gasteiger partial charge in [-0.3, -0.25) is 4.79 Å². The molecule has 0 saturated heterocycles. The number of hydrogen-bond donors (Lipinski definition) is 1. The second kappa shape index (κ2) is 7.10. The van der Waals surface area contributed by atoms with Gasteiger partial charge in [0.1, 0.15) is 11.5 Å².